The van der Waals surface area contributed by atoms with Gasteiger partial charge in [0.25, 0.3) is 5.89 Å². The summed E-state index contributed by atoms with van der Waals surface area (Å²) in [6.45, 7) is 1.68. The van der Waals surface area contributed by atoms with Gasteiger partial charge in [0.1, 0.15) is 17.2 Å². The molecule has 1 heterocycles. The molecule has 0 unspecified atom stereocenters. The van der Waals surface area contributed by atoms with Crippen molar-refractivity contribution in [3.05, 3.63) is 90.3 Å². The van der Waals surface area contributed by atoms with E-state index in [0.717, 1.165) is 17.1 Å². The molecule has 0 aliphatic rings. The van der Waals surface area contributed by atoms with Crippen LogP contribution in [0.2, 0.25) is 0 Å². The number of rotatable bonds is 7. The minimum Gasteiger partial charge on any atom is -0.497 e. The highest BCUT2D eigenvalue weighted by Gasteiger charge is 2.20. The van der Waals surface area contributed by atoms with Gasteiger partial charge in [0, 0.05) is 5.56 Å². The van der Waals surface area contributed by atoms with Gasteiger partial charge >= 0.3 is 5.97 Å². The third kappa shape index (κ3) is 4.90. The highest BCUT2D eigenvalue weighted by Crippen LogP contribution is 2.26. The van der Waals surface area contributed by atoms with Crippen molar-refractivity contribution in [3.63, 3.8) is 0 Å². The largest absolute Gasteiger partial charge is 0.497 e. The summed E-state index contributed by atoms with van der Waals surface area (Å²) in [6.07, 6.45) is -0.702. The predicted octanol–water partition coefficient (Wildman–Crippen LogP) is 5.46. The van der Waals surface area contributed by atoms with E-state index in [1.165, 1.54) is 0 Å². The van der Waals surface area contributed by atoms with Crippen molar-refractivity contribution in [2.45, 2.75) is 13.0 Å². The lowest BCUT2D eigenvalue weighted by Crippen LogP contribution is -2.09. The number of methoxy groups -OCH3 is 1. The fourth-order valence-corrected chi connectivity index (χ4v) is 2.81. The second-order valence-electron chi connectivity index (χ2n) is 6.66. The smallest absolute Gasteiger partial charge is 0.338 e. The van der Waals surface area contributed by atoms with E-state index in [-0.39, 0.29) is 5.89 Å². The molecule has 1 aromatic heterocycles. The van der Waals surface area contributed by atoms with Gasteiger partial charge in [-0.1, -0.05) is 18.2 Å². The van der Waals surface area contributed by atoms with Gasteiger partial charge in [-0.3, -0.25) is 0 Å². The van der Waals surface area contributed by atoms with Crippen molar-refractivity contribution in [2.24, 2.45) is 0 Å². The summed E-state index contributed by atoms with van der Waals surface area (Å²) in [4.78, 5) is 12.5. The molecule has 0 aliphatic carbocycles. The van der Waals surface area contributed by atoms with Crippen molar-refractivity contribution in [1.29, 1.82) is 0 Å². The molecule has 3 aromatic carbocycles. The van der Waals surface area contributed by atoms with Gasteiger partial charge in [-0.25, -0.2) is 4.79 Å². The van der Waals surface area contributed by atoms with E-state index in [9.17, 15) is 4.79 Å². The van der Waals surface area contributed by atoms with Crippen molar-refractivity contribution < 1.29 is 23.4 Å². The molecule has 0 fully saturated rings. The zero-order chi connectivity index (χ0) is 21.6. The van der Waals surface area contributed by atoms with Crippen LogP contribution >= 0.6 is 0 Å². The van der Waals surface area contributed by atoms with Crippen LogP contribution in [0.15, 0.2) is 83.3 Å². The molecule has 0 saturated carbocycles. The van der Waals surface area contributed by atoms with Crippen molar-refractivity contribution in [1.82, 2.24) is 10.2 Å². The van der Waals surface area contributed by atoms with Crippen LogP contribution in [-0.2, 0) is 4.74 Å². The molecule has 4 rings (SSSR count). The Kier molecular flexibility index (Phi) is 5.93. The summed E-state index contributed by atoms with van der Waals surface area (Å²) in [5.74, 6) is 2.12. The van der Waals surface area contributed by atoms with Crippen LogP contribution in [0.25, 0.3) is 11.5 Å². The molecule has 0 aliphatic heterocycles. The van der Waals surface area contributed by atoms with Crippen LogP contribution in [0.5, 0.6) is 17.2 Å². The predicted molar refractivity (Wildman–Crippen MR) is 113 cm³/mol. The third-order valence-electron chi connectivity index (χ3n) is 4.48. The van der Waals surface area contributed by atoms with Gasteiger partial charge in [0.05, 0.1) is 12.7 Å². The number of carbonyl (C=O) groups excluding carboxylic acids is 1. The quantitative estimate of drug-likeness (QED) is 0.370. The molecule has 156 valence electrons. The Balaban J connectivity index is 1.38. The van der Waals surface area contributed by atoms with Gasteiger partial charge in [-0.05, 0) is 67.6 Å². The Morgan fingerprint density at radius 1 is 0.839 bits per heavy atom. The lowest BCUT2D eigenvalue weighted by atomic mass is 10.2. The van der Waals surface area contributed by atoms with Gasteiger partial charge in [-0.2, -0.15) is 0 Å². The molecular formula is C24H20N2O5. The van der Waals surface area contributed by atoms with E-state index in [0.29, 0.717) is 17.2 Å². The Bertz CT molecular complexity index is 1140. The molecule has 0 spiro atoms. The first-order valence-corrected chi connectivity index (χ1v) is 9.64. The summed E-state index contributed by atoms with van der Waals surface area (Å²) in [5.41, 5.74) is 1.13. The van der Waals surface area contributed by atoms with Crippen molar-refractivity contribution >= 4 is 5.97 Å². The summed E-state index contributed by atoms with van der Waals surface area (Å²) in [7, 11) is 1.60. The number of ether oxygens (including phenoxy) is 3. The van der Waals surface area contributed by atoms with Gasteiger partial charge in [0.2, 0.25) is 5.89 Å². The molecule has 0 N–H and O–H groups in total. The van der Waals surface area contributed by atoms with Crippen LogP contribution in [0.4, 0.5) is 0 Å². The Morgan fingerprint density at radius 3 is 2.16 bits per heavy atom. The molecule has 0 saturated heterocycles. The first kappa shape index (κ1) is 20.2. The maximum atomic E-state index is 12.5. The monoisotopic (exact) mass is 416 g/mol. The van der Waals surface area contributed by atoms with E-state index in [2.05, 4.69) is 10.2 Å². The summed E-state index contributed by atoms with van der Waals surface area (Å²) in [5, 5.41) is 8.03. The van der Waals surface area contributed by atoms with E-state index in [1.807, 2.05) is 42.5 Å². The average molecular weight is 416 g/mol. The van der Waals surface area contributed by atoms with E-state index in [4.69, 9.17) is 18.6 Å². The standard InChI is InChI=1S/C24H20N2O5/c1-16(22-25-26-23(31-22)17-8-12-19(28-2)13-9-17)29-24(27)18-10-14-21(15-11-18)30-20-6-4-3-5-7-20/h3-16H,1-2H3/t16-/m0/s1. The third-order valence-corrected chi connectivity index (χ3v) is 4.48. The normalized spacial score (nSPS) is 11.5. The van der Waals surface area contributed by atoms with E-state index < -0.39 is 12.1 Å². The van der Waals surface area contributed by atoms with Crippen molar-refractivity contribution in [2.75, 3.05) is 7.11 Å². The second kappa shape index (κ2) is 9.13. The Hall–Kier alpha value is -4.13. The van der Waals surface area contributed by atoms with Crippen LogP contribution < -0.4 is 9.47 Å². The van der Waals surface area contributed by atoms with Crippen LogP contribution in [-0.4, -0.2) is 23.3 Å². The molecule has 1 atom stereocenters. The fourth-order valence-electron chi connectivity index (χ4n) is 2.81. The van der Waals surface area contributed by atoms with E-state index in [1.54, 1.807) is 50.4 Å². The number of benzene rings is 3. The molecule has 0 bridgehead atoms. The molecule has 0 amide bonds. The molecule has 7 nitrogen and oxygen atoms in total. The number of hydrogen-bond donors (Lipinski definition) is 0. The van der Waals surface area contributed by atoms with Gasteiger partial charge in [0.15, 0.2) is 6.10 Å². The average Bonchev–Trinajstić information content (AvgIpc) is 3.31. The fraction of sp³-hybridized carbons (Fsp3) is 0.125. The van der Waals surface area contributed by atoms with Gasteiger partial charge in [-0.15, -0.1) is 10.2 Å². The van der Waals surface area contributed by atoms with Crippen LogP contribution in [0, 0.1) is 0 Å². The second-order valence-corrected chi connectivity index (χ2v) is 6.66. The van der Waals surface area contributed by atoms with Crippen molar-refractivity contribution in [3.8, 4) is 28.7 Å². The summed E-state index contributed by atoms with van der Waals surface area (Å²) < 4.78 is 22.0. The SMILES string of the molecule is COc1ccc(-c2nnc([C@H](C)OC(=O)c3ccc(Oc4ccccc4)cc3)o2)cc1. The number of carbonyl (C=O) groups is 1. The van der Waals surface area contributed by atoms with Crippen LogP contribution in [0.1, 0.15) is 29.3 Å². The maximum absolute atomic E-state index is 12.5. The topological polar surface area (TPSA) is 83.7 Å². The minimum atomic E-state index is -0.702. The maximum Gasteiger partial charge on any atom is 0.338 e. The van der Waals surface area contributed by atoms with Gasteiger partial charge < -0.3 is 18.6 Å². The number of aromatic nitrogens is 2. The number of para-hydroxylation sites is 1. The first-order valence-electron chi connectivity index (χ1n) is 9.64. The molecule has 7 heteroatoms. The minimum absolute atomic E-state index is 0.211. The molecule has 31 heavy (non-hydrogen) atoms. The molecule has 4 aromatic rings. The highest BCUT2D eigenvalue weighted by atomic mass is 16.6. The summed E-state index contributed by atoms with van der Waals surface area (Å²) >= 11 is 0. The number of esters is 1. The number of hydrogen-bond acceptors (Lipinski definition) is 7. The number of nitrogens with zero attached hydrogens (tertiary/aromatic N) is 2. The zero-order valence-corrected chi connectivity index (χ0v) is 17.0. The first-order chi connectivity index (χ1) is 15.1. The highest BCUT2D eigenvalue weighted by molar-refractivity contribution is 5.89. The Labute approximate surface area is 179 Å². The van der Waals surface area contributed by atoms with E-state index >= 15 is 0 Å². The lowest BCUT2D eigenvalue weighted by molar-refractivity contribution is 0.0280. The Morgan fingerprint density at radius 2 is 1.48 bits per heavy atom. The lowest BCUT2D eigenvalue weighted by Gasteiger charge is -2.10. The van der Waals surface area contributed by atoms with Crippen LogP contribution in [0.3, 0.4) is 0 Å². The molecule has 0 radical (unpaired) electrons. The summed E-state index contributed by atoms with van der Waals surface area (Å²) in [6, 6.07) is 23.3. The zero-order valence-electron chi connectivity index (χ0n) is 17.0. The molecular weight excluding hydrogens is 396 g/mol.